The van der Waals surface area contributed by atoms with Crippen LogP contribution in [0.15, 0.2) is 58.1 Å². The maximum atomic E-state index is 12.9. The predicted octanol–water partition coefficient (Wildman–Crippen LogP) is 2.54. The molecule has 0 atom stereocenters. The van der Waals surface area contributed by atoms with Gasteiger partial charge in [0.1, 0.15) is 17.8 Å². The molecule has 0 aliphatic heterocycles. The van der Waals surface area contributed by atoms with Crippen LogP contribution < -0.4 is 5.56 Å². The molecule has 1 amide bonds. The van der Waals surface area contributed by atoms with E-state index in [2.05, 4.69) is 10.1 Å². The second-order valence-electron chi connectivity index (χ2n) is 6.81. The lowest BCUT2D eigenvalue weighted by atomic mass is 10.2. The van der Waals surface area contributed by atoms with E-state index in [0.717, 1.165) is 16.3 Å². The lowest BCUT2D eigenvalue weighted by molar-refractivity contribution is -0.133. The van der Waals surface area contributed by atoms with Gasteiger partial charge in [-0.15, -0.1) is 0 Å². The Balaban J connectivity index is 1.59. The lowest BCUT2D eigenvalue weighted by Gasteiger charge is -2.21. The van der Waals surface area contributed by atoms with Gasteiger partial charge < -0.3 is 19.0 Å². The molecule has 150 valence electrons. The Morgan fingerprint density at radius 1 is 1.24 bits per heavy atom. The van der Waals surface area contributed by atoms with E-state index < -0.39 is 0 Å². The number of aromatic amines is 1. The number of hydrogen-bond donors (Lipinski definition) is 1. The summed E-state index contributed by atoms with van der Waals surface area (Å²) in [5.41, 5.74) is 0.998. The Kier molecular flexibility index (Phi) is 5.44. The van der Waals surface area contributed by atoms with Crippen LogP contribution in [0.2, 0.25) is 0 Å². The Hall–Kier alpha value is -3.39. The molecule has 4 rings (SSSR count). The molecule has 0 spiro atoms. The fourth-order valence-corrected chi connectivity index (χ4v) is 3.40. The number of carbonyl (C=O) groups is 1. The zero-order valence-corrected chi connectivity index (χ0v) is 16.1. The predicted molar refractivity (Wildman–Crippen MR) is 108 cm³/mol. The molecule has 8 heteroatoms. The third-order valence-corrected chi connectivity index (χ3v) is 4.86. The summed E-state index contributed by atoms with van der Waals surface area (Å²) < 4.78 is 11.7. The molecule has 8 nitrogen and oxygen atoms in total. The summed E-state index contributed by atoms with van der Waals surface area (Å²) in [7, 11) is 1.62. The molecule has 0 radical (unpaired) electrons. The molecular formula is C21H22N4O4. The van der Waals surface area contributed by atoms with Crippen molar-refractivity contribution in [2.24, 2.45) is 0 Å². The van der Waals surface area contributed by atoms with E-state index >= 15 is 0 Å². The van der Waals surface area contributed by atoms with Crippen LogP contribution in [-0.2, 0) is 22.6 Å². The van der Waals surface area contributed by atoms with Crippen LogP contribution in [0.4, 0.5) is 0 Å². The molecule has 0 unspecified atom stereocenters. The Morgan fingerprint density at radius 3 is 2.90 bits per heavy atom. The molecule has 1 aromatic carbocycles. The minimum Gasteiger partial charge on any atom is -0.467 e. The standard InChI is InChI=1S/C21H22N4O4/c1-28-10-5-9-24(13-15-6-4-11-29-15)19(26)14-25-21(27)20-17(12-22-25)16-7-2-3-8-18(16)23-20/h2-4,6-8,11-12,23H,5,9-10,13-14H2,1H3. The van der Waals surface area contributed by atoms with Gasteiger partial charge in [-0.2, -0.15) is 5.10 Å². The lowest BCUT2D eigenvalue weighted by Crippen LogP contribution is -2.37. The molecule has 0 bridgehead atoms. The fraction of sp³-hybridized carbons (Fsp3) is 0.286. The van der Waals surface area contributed by atoms with Crippen molar-refractivity contribution in [3.05, 3.63) is 65.0 Å². The molecule has 0 aliphatic rings. The highest BCUT2D eigenvalue weighted by Crippen LogP contribution is 2.21. The van der Waals surface area contributed by atoms with Crippen molar-refractivity contribution < 1.29 is 13.9 Å². The second-order valence-corrected chi connectivity index (χ2v) is 6.81. The number of hydrogen-bond acceptors (Lipinski definition) is 5. The van der Waals surface area contributed by atoms with Gasteiger partial charge in [-0.05, 0) is 24.6 Å². The summed E-state index contributed by atoms with van der Waals surface area (Å²) in [5.74, 6) is 0.477. The second kappa shape index (κ2) is 8.32. The fourth-order valence-electron chi connectivity index (χ4n) is 3.40. The maximum absolute atomic E-state index is 12.9. The topological polar surface area (TPSA) is 93.4 Å². The minimum atomic E-state index is -0.318. The van der Waals surface area contributed by atoms with Gasteiger partial charge in [-0.3, -0.25) is 9.59 Å². The number of methoxy groups -OCH3 is 1. The number of para-hydroxylation sites is 1. The molecular weight excluding hydrogens is 372 g/mol. The van der Waals surface area contributed by atoms with E-state index in [1.807, 2.05) is 30.3 Å². The van der Waals surface area contributed by atoms with Crippen LogP contribution in [0.5, 0.6) is 0 Å². The maximum Gasteiger partial charge on any atom is 0.291 e. The number of H-pyrrole nitrogens is 1. The summed E-state index contributed by atoms with van der Waals surface area (Å²) in [6.45, 7) is 1.23. The Bertz CT molecular complexity index is 1180. The first-order chi connectivity index (χ1) is 14.2. The number of nitrogens with zero attached hydrogens (tertiary/aromatic N) is 3. The molecule has 0 fully saturated rings. The van der Waals surface area contributed by atoms with E-state index in [4.69, 9.17) is 9.15 Å². The van der Waals surface area contributed by atoms with Gasteiger partial charge in [0.25, 0.3) is 5.56 Å². The third-order valence-electron chi connectivity index (χ3n) is 4.86. The molecule has 4 aromatic rings. The van der Waals surface area contributed by atoms with Crippen LogP contribution in [0, 0.1) is 0 Å². The number of benzene rings is 1. The highest BCUT2D eigenvalue weighted by molar-refractivity contribution is 6.06. The first kappa shape index (κ1) is 18.9. The number of nitrogens with one attached hydrogen (secondary N) is 1. The Morgan fingerprint density at radius 2 is 2.10 bits per heavy atom. The van der Waals surface area contributed by atoms with Gasteiger partial charge >= 0.3 is 0 Å². The number of furan rings is 1. The average Bonchev–Trinajstić information content (AvgIpc) is 3.37. The van der Waals surface area contributed by atoms with E-state index in [-0.39, 0.29) is 18.0 Å². The number of aromatic nitrogens is 3. The summed E-state index contributed by atoms with van der Waals surface area (Å²) in [4.78, 5) is 30.6. The van der Waals surface area contributed by atoms with Gasteiger partial charge in [0, 0.05) is 36.6 Å². The molecule has 29 heavy (non-hydrogen) atoms. The summed E-state index contributed by atoms with van der Waals surface area (Å²) >= 11 is 0. The van der Waals surface area contributed by atoms with E-state index in [1.165, 1.54) is 4.68 Å². The van der Waals surface area contributed by atoms with Gasteiger partial charge in [0.05, 0.1) is 19.0 Å². The number of rotatable bonds is 8. The van der Waals surface area contributed by atoms with E-state index in [0.29, 0.717) is 37.4 Å². The van der Waals surface area contributed by atoms with Crippen molar-refractivity contribution in [2.45, 2.75) is 19.5 Å². The van der Waals surface area contributed by atoms with Crippen LogP contribution in [0.1, 0.15) is 12.2 Å². The highest BCUT2D eigenvalue weighted by atomic mass is 16.5. The zero-order valence-electron chi connectivity index (χ0n) is 16.1. The summed E-state index contributed by atoms with van der Waals surface area (Å²) in [6, 6.07) is 11.3. The smallest absolute Gasteiger partial charge is 0.291 e. The van der Waals surface area contributed by atoms with Gasteiger partial charge in [0.2, 0.25) is 5.91 Å². The quantitative estimate of drug-likeness (QED) is 0.464. The molecule has 3 heterocycles. The average molecular weight is 394 g/mol. The third kappa shape index (κ3) is 3.93. The SMILES string of the molecule is COCCCN(Cc1ccco1)C(=O)Cn1ncc2c([nH]c3ccccc32)c1=O. The van der Waals surface area contributed by atoms with Crippen molar-refractivity contribution in [1.29, 1.82) is 0 Å². The molecule has 1 N–H and O–H groups in total. The van der Waals surface area contributed by atoms with Gasteiger partial charge in [-0.25, -0.2) is 4.68 Å². The van der Waals surface area contributed by atoms with Crippen molar-refractivity contribution in [3.63, 3.8) is 0 Å². The number of ether oxygens (including phenoxy) is 1. The summed E-state index contributed by atoms with van der Waals surface area (Å²) in [6.07, 6.45) is 3.89. The van der Waals surface area contributed by atoms with Crippen LogP contribution in [0.3, 0.4) is 0 Å². The van der Waals surface area contributed by atoms with Crippen LogP contribution in [0.25, 0.3) is 21.8 Å². The van der Waals surface area contributed by atoms with E-state index in [1.54, 1.807) is 30.5 Å². The van der Waals surface area contributed by atoms with Crippen LogP contribution in [-0.4, -0.2) is 45.8 Å². The Labute approximate surface area is 166 Å². The van der Waals surface area contributed by atoms with Crippen LogP contribution >= 0.6 is 0 Å². The van der Waals surface area contributed by atoms with Crippen molar-refractivity contribution in [3.8, 4) is 0 Å². The highest BCUT2D eigenvalue weighted by Gasteiger charge is 2.18. The largest absolute Gasteiger partial charge is 0.467 e. The first-order valence-corrected chi connectivity index (χ1v) is 9.43. The normalized spacial score (nSPS) is 11.3. The zero-order chi connectivity index (χ0) is 20.2. The van der Waals surface area contributed by atoms with Crippen molar-refractivity contribution in [2.75, 3.05) is 20.3 Å². The number of amides is 1. The van der Waals surface area contributed by atoms with E-state index in [9.17, 15) is 9.59 Å². The molecule has 0 saturated heterocycles. The molecule has 3 aromatic heterocycles. The molecule has 0 aliphatic carbocycles. The monoisotopic (exact) mass is 394 g/mol. The van der Waals surface area contributed by atoms with Gasteiger partial charge in [-0.1, -0.05) is 18.2 Å². The number of carbonyl (C=O) groups excluding carboxylic acids is 1. The first-order valence-electron chi connectivity index (χ1n) is 9.43. The van der Waals surface area contributed by atoms with Gasteiger partial charge in [0.15, 0.2) is 0 Å². The van der Waals surface area contributed by atoms with Crippen molar-refractivity contribution >= 4 is 27.7 Å². The number of fused-ring (bicyclic) bond motifs is 3. The molecule has 0 saturated carbocycles. The summed E-state index contributed by atoms with van der Waals surface area (Å²) in [5, 5.41) is 5.92. The minimum absolute atomic E-state index is 0.141. The van der Waals surface area contributed by atoms with Crippen molar-refractivity contribution in [1.82, 2.24) is 19.7 Å².